The van der Waals surface area contributed by atoms with Gasteiger partial charge in [-0.3, -0.25) is 4.79 Å². The van der Waals surface area contributed by atoms with Crippen molar-refractivity contribution in [2.45, 2.75) is 13.0 Å². The van der Waals surface area contributed by atoms with Crippen LogP contribution in [-0.2, 0) is 4.79 Å². The molecular formula is C23H19BrFNO5. The summed E-state index contributed by atoms with van der Waals surface area (Å²) < 4.78 is 29.6. The van der Waals surface area contributed by atoms with Gasteiger partial charge in [0.2, 0.25) is 0 Å². The van der Waals surface area contributed by atoms with Crippen molar-refractivity contribution in [3.63, 3.8) is 0 Å². The molecule has 0 saturated carbocycles. The molecule has 0 saturated heterocycles. The van der Waals surface area contributed by atoms with E-state index in [4.69, 9.17) is 14.2 Å². The van der Waals surface area contributed by atoms with Gasteiger partial charge < -0.3 is 19.5 Å². The number of rotatable bonds is 7. The number of nitrogens with one attached hydrogen (secondary N) is 1. The zero-order valence-electron chi connectivity index (χ0n) is 16.7. The number of hydrogen-bond donors (Lipinski definition) is 1. The van der Waals surface area contributed by atoms with Gasteiger partial charge in [0.25, 0.3) is 5.91 Å². The van der Waals surface area contributed by atoms with Gasteiger partial charge in [-0.1, -0.05) is 12.1 Å². The molecule has 1 N–H and O–H groups in total. The summed E-state index contributed by atoms with van der Waals surface area (Å²) in [4.78, 5) is 24.7. The lowest BCUT2D eigenvalue weighted by Crippen LogP contribution is -2.28. The molecule has 160 valence electrons. The molecule has 0 fully saturated rings. The quantitative estimate of drug-likeness (QED) is 0.365. The summed E-state index contributed by atoms with van der Waals surface area (Å²) in [6.45, 7) is 1.53. The molecule has 3 rings (SSSR count). The van der Waals surface area contributed by atoms with E-state index in [0.29, 0.717) is 27.2 Å². The third kappa shape index (κ3) is 5.82. The maximum atomic E-state index is 13.2. The van der Waals surface area contributed by atoms with Crippen LogP contribution in [0.2, 0.25) is 0 Å². The molecule has 31 heavy (non-hydrogen) atoms. The number of ether oxygens (including phenoxy) is 3. The van der Waals surface area contributed by atoms with Crippen LogP contribution in [0, 0.1) is 5.82 Å². The molecule has 0 aromatic heterocycles. The Morgan fingerprint density at radius 2 is 1.71 bits per heavy atom. The first-order valence-corrected chi connectivity index (χ1v) is 10.0. The van der Waals surface area contributed by atoms with Crippen LogP contribution in [-0.4, -0.2) is 25.1 Å². The molecule has 0 aliphatic heterocycles. The predicted molar refractivity (Wildman–Crippen MR) is 117 cm³/mol. The van der Waals surface area contributed by atoms with Crippen molar-refractivity contribution in [2.24, 2.45) is 0 Å². The summed E-state index contributed by atoms with van der Waals surface area (Å²) in [5.74, 6) is -0.301. The third-order valence-electron chi connectivity index (χ3n) is 4.21. The molecule has 0 bridgehead atoms. The van der Waals surface area contributed by atoms with Crippen LogP contribution in [0.4, 0.5) is 10.1 Å². The lowest BCUT2D eigenvalue weighted by Gasteiger charge is -2.15. The van der Waals surface area contributed by atoms with Crippen LogP contribution >= 0.6 is 15.9 Å². The zero-order chi connectivity index (χ0) is 22.4. The molecule has 1 amide bonds. The number of anilines is 1. The first kappa shape index (κ1) is 22.3. The van der Waals surface area contributed by atoms with Gasteiger partial charge in [-0.15, -0.1) is 0 Å². The van der Waals surface area contributed by atoms with Crippen LogP contribution < -0.4 is 19.5 Å². The van der Waals surface area contributed by atoms with E-state index >= 15 is 0 Å². The monoisotopic (exact) mass is 487 g/mol. The van der Waals surface area contributed by atoms with Crippen molar-refractivity contribution < 1.29 is 28.2 Å². The van der Waals surface area contributed by atoms with Crippen molar-refractivity contribution in [1.29, 1.82) is 0 Å². The van der Waals surface area contributed by atoms with Crippen molar-refractivity contribution in [1.82, 2.24) is 0 Å². The van der Waals surface area contributed by atoms with Crippen LogP contribution in [0.15, 0.2) is 71.2 Å². The van der Waals surface area contributed by atoms with Gasteiger partial charge in [0.1, 0.15) is 23.1 Å². The first-order chi connectivity index (χ1) is 14.9. The van der Waals surface area contributed by atoms with Crippen LogP contribution in [0.5, 0.6) is 17.2 Å². The van der Waals surface area contributed by atoms with Crippen LogP contribution in [0.3, 0.4) is 0 Å². The second kappa shape index (κ2) is 10.1. The van der Waals surface area contributed by atoms with E-state index < -0.39 is 17.9 Å². The maximum absolute atomic E-state index is 13.2. The Morgan fingerprint density at radius 3 is 2.39 bits per heavy atom. The molecule has 0 aliphatic rings. The van der Waals surface area contributed by atoms with Crippen LogP contribution in [0.1, 0.15) is 17.3 Å². The normalized spacial score (nSPS) is 11.4. The fraction of sp³-hybridized carbons (Fsp3) is 0.130. The van der Waals surface area contributed by atoms with E-state index in [2.05, 4.69) is 21.2 Å². The lowest BCUT2D eigenvalue weighted by molar-refractivity contribution is -0.141. The Morgan fingerprint density at radius 1 is 1.00 bits per heavy atom. The summed E-state index contributed by atoms with van der Waals surface area (Å²) in [6, 6.07) is 17.1. The van der Waals surface area contributed by atoms with E-state index in [0.717, 1.165) is 0 Å². The molecular weight excluding hydrogens is 469 g/mol. The smallest absolute Gasteiger partial charge is 0.352 e. The Kier molecular flexibility index (Phi) is 7.25. The number of hydrogen-bond acceptors (Lipinski definition) is 5. The zero-order valence-corrected chi connectivity index (χ0v) is 18.3. The highest BCUT2D eigenvalue weighted by Crippen LogP contribution is 2.27. The van der Waals surface area contributed by atoms with Gasteiger partial charge in [0, 0.05) is 5.69 Å². The van der Waals surface area contributed by atoms with Gasteiger partial charge in [-0.05, 0) is 77.5 Å². The summed E-state index contributed by atoms with van der Waals surface area (Å²) in [7, 11) is 1.49. The van der Waals surface area contributed by atoms with Crippen molar-refractivity contribution in [3.05, 3.63) is 82.6 Å². The van der Waals surface area contributed by atoms with E-state index in [-0.39, 0.29) is 11.7 Å². The molecule has 8 heteroatoms. The van der Waals surface area contributed by atoms with E-state index in [1.807, 2.05) is 0 Å². The number of methoxy groups -OCH3 is 1. The molecule has 6 nitrogen and oxygen atoms in total. The number of carbonyl (C=O) groups is 2. The molecule has 0 aliphatic carbocycles. The Hall–Kier alpha value is -3.39. The van der Waals surface area contributed by atoms with Gasteiger partial charge in [0.05, 0.1) is 17.1 Å². The SMILES string of the molecule is COc1ccccc1C(=O)Nc1ccc(OC(=O)C(C)Oc2ccc(F)cc2Br)cc1. The highest BCUT2D eigenvalue weighted by molar-refractivity contribution is 9.10. The topological polar surface area (TPSA) is 73.9 Å². The molecule has 0 radical (unpaired) electrons. The molecule has 3 aromatic rings. The second-order valence-electron chi connectivity index (χ2n) is 6.43. The third-order valence-corrected chi connectivity index (χ3v) is 4.83. The van der Waals surface area contributed by atoms with Crippen molar-refractivity contribution >= 4 is 33.5 Å². The summed E-state index contributed by atoms with van der Waals surface area (Å²) >= 11 is 3.19. The number of carbonyl (C=O) groups excluding carboxylic acids is 2. The lowest BCUT2D eigenvalue weighted by atomic mass is 10.2. The highest BCUT2D eigenvalue weighted by Gasteiger charge is 2.19. The second-order valence-corrected chi connectivity index (χ2v) is 7.29. The molecule has 0 heterocycles. The molecule has 3 aromatic carbocycles. The Bertz CT molecular complexity index is 1090. The Labute approximate surface area is 187 Å². The van der Waals surface area contributed by atoms with Crippen molar-refractivity contribution in [2.75, 3.05) is 12.4 Å². The van der Waals surface area contributed by atoms with Gasteiger partial charge in [-0.25, -0.2) is 9.18 Å². The first-order valence-electron chi connectivity index (χ1n) is 9.25. The van der Waals surface area contributed by atoms with E-state index in [1.165, 1.54) is 32.2 Å². The molecule has 0 spiro atoms. The average Bonchev–Trinajstić information content (AvgIpc) is 2.76. The summed E-state index contributed by atoms with van der Waals surface area (Å²) in [5.41, 5.74) is 0.925. The standard InChI is InChI=1S/C23H19BrFNO5/c1-14(30-21-12-7-15(25)13-19(21)24)23(28)31-17-10-8-16(9-11-17)26-22(27)18-5-3-4-6-20(18)29-2/h3-14H,1-2H3,(H,26,27). The minimum Gasteiger partial charge on any atom is -0.496 e. The number of benzene rings is 3. The fourth-order valence-electron chi connectivity index (χ4n) is 2.65. The minimum absolute atomic E-state index is 0.286. The molecule has 1 atom stereocenters. The molecule has 1 unspecified atom stereocenters. The van der Waals surface area contributed by atoms with E-state index in [1.54, 1.807) is 48.5 Å². The van der Waals surface area contributed by atoms with Gasteiger partial charge in [0.15, 0.2) is 6.10 Å². The van der Waals surface area contributed by atoms with Crippen LogP contribution in [0.25, 0.3) is 0 Å². The minimum atomic E-state index is -0.924. The number of para-hydroxylation sites is 1. The number of esters is 1. The maximum Gasteiger partial charge on any atom is 0.352 e. The fourth-order valence-corrected chi connectivity index (χ4v) is 3.09. The number of amides is 1. The number of halogens is 2. The summed E-state index contributed by atoms with van der Waals surface area (Å²) in [5, 5.41) is 2.76. The van der Waals surface area contributed by atoms with Gasteiger partial charge >= 0.3 is 5.97 Å². The summed E-state index contributed by atoms with van der Waals surface area (Å²) in [6.07, 6.45) is -0.924. The van der Waals surface area contributed by atoms with Crippen molar-refractivity contribution in [3.8, 4) is 17.2 Å². The Balaban J connectivity index is 1.59. The van der Waals surface area contributed by atoms with E-state index in [9.17, 15) is 14.0 Å². The average molecular weight is 488 g/mol. The van der Waals surface area contributed by atoms with Gasteiger partial charge in [-0.2, -0.15) is 0 Å². The highest BCUT2D eigenvalue weighted by atomic mass is 79.9. The predicted octanol–water partition coefficient (Wildman–Crippen LogP) is 5.22. The largest absolute Gasteiger partial charge is 0.496 e.